The summed E-state index contributed by atoms with van der Waals surface area (Å²) in [6, 6.07) is 19.3. The zero-order valence-corrected chi connectivity index (χ0v) is 22.3. The van der Waals surface area contributed by atoms with Crippen molar-refractivity contribution in [2.45, 2.75) is 37.5 Å². The van der Waals surface area contributed by atoms with Gasteiger partial charge in [-0.2, -0.15) is 0 Å². The van der Waals surface area contributed by atoms with Gasteiger partial charge in [0.15, 0.2) is 0 Å². The van der Waals surface area contributed by atoms with Gasteiger partial charge in [0.1, 0.15) is 0 Å². The first-order valence-corrected chi connectivity index (χ1v) is 13.3. The maximum absolute atomic E-state index is 12.5. The third-order valence-electron chi connectivity index (χ3n) is 7.22. The fourth-order valence-corrected chi connectivity index (χ4v) is 6.31. The molecule has 1 aromatic heterocycles. The minimum Gasteiger partial charge on any atom is -0.481 e. The van der Waals surface area contributed by atoms with Crippen molar-refractivity contribution in [2.75, 3.05) is 6.54 Å². The van der Waals surface area contributed by atoms with Crippen molar-refractivity contribution in [3.05, 3.63) is 104 Å². The standard InChI is InChI=1S/C29H25Cl3N2O3/c1-2-20-24(15-3-5-17(6-4-15)29(37)33-12-11-23(35)36)25(16-7-9-18(30)10-8-16)26-21-13-19(31)14-22(32)27(21)34-28(20)26/h3-10,13-14,20,24-25,34H,2,11-12H2,1H3,(H,33,37)(H,35,36)/t20?,24-,25+/m0/s1. The van der Waals surface area contributed by atoms with Crippen LogP contribution in [0, 0.1) is 0 Å². The number of amides is 1. The summed E-state index contributed by atoms with van der Waals surface area (Å²) < 4.78 is 0. The fourth-order valence-electron chi connectivity index (χ4n) is 5.65. The third kappa shape index (κ3) is 4.84. The normalized spacial score (nSPS) is 18.6. The molecule has 1 aliphatic rings. The van der Waals surface area contributed by atoms with E-state index in [1.807, 2.05) is 30.3 Å². The largest absolute Gasteiger partial charge is 0.481 e. The Morgan fingerprint density at radius 1 is 0.946 bits per heavy atom. The molecule has 0 aliphatic heterocycles. The molecule has 5 nitrogen and oxygen atoms in total. The predicted molar refractivity (Wildman–Crippen MR) is 148 cm³/mol. The number of aromatic nitrogens is 1. The highest BCUT2D eigenvalue weighted by atomic mass is 35.5. The smallest absolute Gasteiger partial charge is 0.305 e. The van der Waals surface area contributed by atoms with E-state index in [-0.39, 0.29) is 36.6 Å². The summed E-state index contributed by atoms with van der Waals surface area (Å²) >= 11 is 19.3. The van der Waals surface area contributed by atoms with Crippen LogP contribution in [0.15, 0.2) is 60.7 Å². The zero-order valence-electron chi connectivity index (χ0n) is 20.0. The number of halogens is 3. The van der Waals surface area contributed by atoms with E-state index < -0.39 is 5.97 Å². The van der Waals surface area contributed by atoms with E-state index in [1.54, 1.807) is 18.2 Å². The first kappa shape index (κ1) is 25.7. The molecule has 8 heteroatoms. The summed E-state index contributed by atoms with van der Waals surface area (Å²) in [6.07, 6.45) is 0.782. The Hall–Kier alpha value is -2.99. The lowest BCUT2D eigenvalue weighted by Gasteiger charge is -2.27. The highest BCUT2D eigenvalue weighted by molar-refractivity contribution is 6.38. The summed E-state index contributed by atoms with van der Waals surface area (Å²) in [5.41, 5.74) is 5.97. The minimum absolute atomic E-state index is 0.0238. The molecular formula is C29H25Cl3N2O3. The minimum atomic E-state index is -0.950. The van der Waals surface area contributed by atoms with E-state index in [1.165, 1.54) is 5.56 Å². The van der Waals surface area contributed by atoms with Gasteiger partial charge in [0, 0.05) is 51.0 Å². The van der Waals surface area contributed by atoms with Crippen LogP contribution >= 0.6 is 34.8 Å². The number of nitrogens with one attached hydrogen (secondary N) is 2. The van der Waals surface area contributed by atoms with Gasteiger partial charge >= 0.3 is 5.97 Å². The van der Waals surface area contributed by atoms with Gasteiger partial charge in [-0.05, 0) is 59.5 Å². The van der Waals surface area contributed by atoms with Crippen LogP contribution in [0.1, 0.15) is 70.3 Å². The SMILES string of the molecule is CCC1c2[nH]c3c(Cl)cc(Cl)cc3c2[C@H](c2ccc(Cl)cc2)[C@H]1c1ccc(C(=O)NCCC(=O)O)cc1. The Bertz CT molecular complexity index is 1480. The molecule has 3 atom stereocenters. The van der Waals surface area contributed by atoms with Gasteiger partial charge in [0.25, 0.3) is 5.91 Å². The lowest BCUT2D eigenvalue weighted by atomic mass is 9.76. The molecule has 0 saturated carbocycles. The summed E-state index contributed by atoms with van der Waals surface area (Å²) in [6.45, 7) is 2.26. The maximum atomic E-state index is 12.5. The zero-order chi connectivity index (χ0) is 26.3. The number of rotatable bonds is 7. The quantitative estimate of drug-likeness (QED) is 0.218. The number of H-pyrrole nitrogens is 1. The van der Waals surface area contributed by atoms with Crippen LogP contribution in [0.4, 0.5) is 0 Å². The Labute approximate surface area is 229 Å². The number of fused-ring (bicyclic) bond motifs is 3. The van der Waals surface area contributed by atoms with Gasteiger partial charge < -0.3 is 15.4 Å². The number of carbonyl (C=O) groups is 2. The summed E-state index contributed by atoms with van der Waals surface area (Å²) in [5, 5.41) is 14.3. The molecule has 0 saturated heterocycles. The van der Waals surface area contributed by atoms with E-state index in [9.17, 15) is 9.59 Å². The monoisotopic (exact) mass is 554 g/mol. The molecule has 3 N–H and O–H groups in total. The average molecular weight is 556 g/mol. The van der Waals surface area contributed by atoms with Crippen molar-refractivity contribution in [3.63, 3.8) is 0 Å². The van der Waals surface area contributed by atoms with Crippen molar-refractivity contribution in [1.29, 1.82) is 0 Å². The second kappa shape index (κ2) is 10.4. The number of hydrogen-bond acceptors (Lipinski definition) is 2. The molecule has 4 aromatic rings. The van der Waals surface area contributed by atoms with Crippen molar-refractivity contribution >= 4 is 57.6 Å². The van der Waals surface area contributed by atoms with Crippen LogP contribution < -0.4 is 5.32 Å². The Morgan fingerprint density at radius 3 is 2.27 bits per heavy atom. The number of benzene rings is 3. The molecule has 190 valence electrons. The Morgan fingerprint density at radius 2 is 1.62 bits per heavy atom. The summed E-state index contributed by atoms with van der Waals surface area (Å²) in [7, 11) is 0. The molecule has 5 rings (SSSR count). The highest BCUT2D eigenvalue weighted by Gasteiger charge is 2.44. The molecule has 37 heavy (non-hydrogen) atoms. The van der Waals surface area contributed by atoms with Gasteiger partial charge in [0.2, 0.25) is 0 Å². The van der Waals surface area contributed by atoms with Crippen LogP contribution in [-0.2, 0) is 4.79 Å². The van der Waals surface area contributed by atoms with E-state index in [0.717, 1.165) is 34.1 Å². The molecule has 3 aromatic carbocycles. The summed E-state index contributed by atoms with van der Waals surface area (Å²) in [4.78, 5) is 26.9. The number of aliphatic carboxylic acids is 1. The molecular weight excluding hydrogens is 531 g/mol. The van der Waals surface area contributed by atoms with Gasteiger partial charge in [-0.1, -0.05) is 66.0 Å². The molecule has 0 fully saturated rings. The number of carboxylic acids is 1. The van der Waals surface area contributed by atoms with Gasteiger partial charge in [-0.15, -0.1) is 0 Å². The maximum Gasteiger partial charge on any atom is 0.305 e. The average Bonchev–Trinajstić information content (AvgIpc) is 3.39. The lowest BCUT2D eigenvalue weighted by molar-refractivity contribution is -0.136. The number of aromatic amines is 1. The van der Waals surface area contributed by atoms with E-state index >= 15 is 0 Å². The van der Waals surface area contributed by atoms with E-state index in [4.69, 9.17) is 39.9 Å². The number of hydrogen-bond donors (Lipinski definition) is 3. The topological polar surface area (TPSA) is 82.2 Å². The molecule has 1 heterocycles. The van der Waals surface area contributed by atoms with E-state index in [0.29, 0.717) is 20.6 Å². The lowest BCUT2D eigenvalue weighted by Crippen LogP contribution is -2.26. The third-order valence-corrected chi connectivity index (χ3v) is 7.99. The fraction of sp³-hybridized carbons (Fsp3) is 0.241. The first-order chi connectivity index (χ1) is 17.8. The van der Waals surface area contributed by atoms with Crippen LogP contribution in [-0.4, -0.2) is 28.5 Å². The van der Waals surface area contributed by atoms with Crippen molar-refractivity contribution in [2.24, 2.45) is 0 Å². The first-order valence-electron chi connectivity index (χ1n) is 12.1. The second-order valence-electron chi connectivity index (χ2n) is 9.35. The van der Waals surface area contributed by atoms with Gasteiger partial charge in [0.05, 0.1) is 17.0 Å². The van der Waals surface area contributed by atoms with Crippen LogP contribution in [0.5, 0.6) is 0 Å². The van der Waals surface area contributed by atoms with Gasteiger partial charge in [-0.25, -0.2) is 0 Å². The van der Waals surface area contributed by atoms with Crippen LogP contribution in [0.25, 0.3) is 10.9 Å². The predicted octanol–water partition coefficient (Wildman–Crippen LogP) is 7.76. The van der Waals surface area contributed by atoms with Crippen LogP contribution in [0.2, 0.25) is 15.1 Å². The highest BCUT2D eigenvalue weighted by Crippen LogP contribution is 2.58. The number of carboxylic acid groups (broad SMARTS) is 1. The van der Waals surface area contributed by atoms with Crippen LogP contribution in [0.3, 0.4) is 0 Å². The van der Waals surface area contributed by atoms with Gasteiger partial charge in [-0.3, -0.25) is 9.59 Å². The molecule has 0 bridgehead atoms. The molecule has 0 spiro atoms. The molecule has 1 aliphatic carbocycles. The number of carbonyl (C=O) groups excluding carboxylic acids is 1. The van der Waals surface area contributed by atoms with Crippen molar-refractivity contribution in [1.82, 2.24) is 10.3 Å². The van der Waals surface area contributed by atoms with E-state index in [2.05, 4.69) is 29.4 Å². The van der Waals surface area contributed by atoms with Crippen molar-refractivity contribution < 1.29 is 14.7 Å². The van der Waals surface area contributed by atoms with Crippen molar-refractivity contribution in [3.8, 4) is 0 Å². The summed E-state index contributed by atoms with van der Waals surface area (Å²) in [5.74, 6) is -0.919. The Kier molecular flexibility index (Phi) is 7.21. The molecule has 0 radical (unpaired) electrons. The Balaban J connectivity index is 1.58. The molecule has 1 amide bonds. The second-order valence-corrected chi connectivity index (χ2v) is 10.6. The molecule has 1 unspecified atom stereocenters.